The average molecular weight is 457 g/mol. The summed E-state index contributed by atoms with van der Waals surface area (Å²) in [5.74, 6) is 2.42. The van der Waals surface area contributed by atoms with Gasteiger partial charge in [-0.2, -0.15) is 0 Å². The van der Waals surface area contributed by atoms with Gasteiger partial charge in [0.05, 0.1) is 24.6 Å². The number of ether oxygens (including phenoxy) is 2. The van der Waals surface area contributed by atoms with Crippen LogP contribution in [0.25, 0.3) is 22.3 Å². The summed E-state index contributed by atoms with van der Waals surface area (Å²) in [5.41, 5.74) is 4.08. The lowest BCUT2D eigenvalue weighted by molar-refractivity contribution is 0.303. The standard InChI is InChI=1S/C29H32N2O3/c1-21-18-22(2)20-25(19-21)34-17-9-5-4-8-16-31-28(23-12-14-24(33-3)15-13-23)30-27-11-7-6-10-26(27)29(31)32/h6-7,10-15,18-20H,4-5,8-9,16-17H2,1-3H3. The van der Waals surface area contributed by atoms with Gasteiger partial charge >= 0.3 is 0 Å². The van der Waals surface area contributed by atoms with Gasteiger partial charge in [-0.3, -0.25) is 9.36 Å². The van der Waals surface area contributed by atoms with E-state index in [2.05, 4.69) is 32.0 Å². The van der Waals surface area contributed by atoms with Crippen LogP contribution in [0.2, 0.25) is 0 Å². The molecular weight excluding hydrogens is 424 g/mol. The van der Waals surface area contributed by atoms with E-state index < -0.39 is 0 Å². The lowest BCUT2D eigenvalue weighted by Crippen LogP contribution is -2.23. The van der Waals surface area contributed by atoms with Gasteiger partial charge in [0.1, 0.15) is 17.3 Å². The van der Waals surface area contributed by atoms with Crippen molar-refractivity contribution in [3.8, 4) is 22.9 Å². The zero-order chi connectivity index (χ0) is 23.9. The van der Waals surface area contributed by atoms with Crippen molar-refractivity contribution in [2.45, 2.75) is 46.1 Å². The number of methoxy groups -OCH3 is 1. The first-order valence-corrected chi connectivity index (χ1v) is 11.9. The highest BCUT2D eigenvalue weighted by Gasteiger charge is 2.12. The molecule has 0 atom stereocenters. The number of benzene rings is 3. The molecule has 5 nitrogen and oxygen atoms in total. The lowest BCUT2D eigenvalue weighted by Gasteiger charge is -2.14. The first kappa shape index (κ1) is 23.6. The summed E-state index contributed by atoms with van der Waals surface area (Å²) in [6.45, 7) is 5.51. The van der Waals surface area contributed by atoms with Crippen molar-refractivity contribution in [3.05, 3.63) is 88.2 Å². The third-order valence-electron chi connectivity index (χ3n) is 5.95. The Hall–Kier alpha value is -3.60. The van der Waals surface area contributed by atoms with E-state index in [4.69, 9.17) is 14.5 Å². The van der Waals surface area contributed by atoms with Crippen molar-refractivity contribution >= 4 is 10.9 Å². The van der Waals surface area contributed by atoms with Gasteiger partial charge in [-0.1, -0.05) is 31.0 Å². The second-order valence-corrected chi connectivity index (χ2v) is 8.72. The first-order chi connectivity index (χ1) is 16.5. The predicted octanol–water partition coefficient (Wildman–Crippen LogP) is 6.33. The molecule has 0 aliphatic heterocycles. The number of nitrogens with zero attached hydrogens (tertiary/aromatic N) is 2. The lowest BCUT2D eigenvalue weighted by atomic mass is 10.1. The molecule has 0 saturated heterocycles. The van der Waals surface area contributed by atoms with Gasteiger partial charge in [-0.25, -0.2) is 4.98 Å². The smallest absolute Gasteiger partial charge is 0.261 e. The van der Waals surface area contributed by atoms with Crippen molar-refractivity contribution in [1.29, 1.82) is 0 Å². The quantitative estimate of drug-likeness (QED) is 0.262. The fraction of sp³-hybridized carbons (Fsp3) is 0.310. The zero-order valence-electron chi connectivity index (χ0n) is 20.2. The fourth-order valence-electron chi connectivity index (χ4n) is 4.27. The van der Waals surface area contributed by atoms with Crippen molar-refractivity contribution in [2.75, 3.05) is 13.7 Å². The van der Waals surface area contributed by atoms with E-state index in [1.54, 1.807) is 7.11 Å². The van der Waals surface area contributed by atoms with E-state index in [1.165, 1.54) is 11.1 Å². The van der Waals surface area contributed by atoms with Gasteiger partial charge in [0.25, 0.3) is 5.56 Å². The van der Waals surface area contributed by atoms with Crippen LogP contribution in [-0.4, -0.2) is 23.3 Å². The highest BCUT2D eigenvalue weighted by Crippen LogP contribution is 2.22. The molecule has 176 valence electrons. The summed E-state index contributed by atoms with van der Waals surface area (Å²) >= 11 is 0. The van der Waals surface area contributed by atoms with E-state index in [0.717, 1.165) is 48.3 Å². The summed E-state index contributed by atoms with van der Waals surface area (Å²) in [4.78, 5) is 18.1. The molecule has 0 unspecified atom stereocenters. The second-order valence-electron chi connectivity index (χ2n) is 8.72. The zero-order valence-corrected chi connectivity index (χ0v) is 20.2. The van der Waals surface area contributed by atoms with Crippen molar-refractivity contribution in [3.63, 3.8) is 0 Å². The van der Waals surface area contributed by atoms with E-state index in [-0.39, 0.29) is 5.56 Å². The predicted molar refractivity (Wildman–Crippen MR) is 138 cm³/mol. The number of aryl methyl sites for hydroxylation is 2. The van der Waals surface area contributed by atoms with E-state index in [9.17, 15) is 4.79 Å². The maximum Gasteiger partial charge on any atom is 0.261 e. The van der Waals surface area contributed by atoms with Gasteiger partial charge < -0.3 is 9.47 Å². The maximum atomic E-state index is 13.3. The Labute approximate surface area is 201 Å². The SMILES string of the molecule is COc1ccc(-c2nc3ccccc3c(=O)n2CCCCCCOc2cc(C)cc(C)c2)cc1. The molecule has 4 aromatic rings. The Morgan fingerprint density at radius 2 is 1.53 bits per heavy atom. The molecule has 0 bridgehead atoms. The van der Waals surface area contributed by atoms with Crippen LogP contribution in [0.4, 0.5) is 0 Å². The molecule has 5 heteroatoms. The third kappa shape index (κ3) is 5.66. The minimum absolute atomic E-state index is 0.00886. The number of fused-ring (bicyclic) bond motifs is 1. The minimum Gasteiger partial charge on any atom is -0.497 e. The van der Waals surface area contributed by atoms with Crippen LogP contribution in [0.15, 0.2) is 71.5 Å². The van der Waals surface area contributed by atoms with Crippen molar-refractivity contribution < 1.29 is 9.47 Å². The van der Waals surface area contributed by atoms with Crippen LogP contribution in [0, 0.1) is 13.8 Å². The molecule has 0 fully saturated rings. The molecule has 1 aromatic heterocycles. The van der Waals surface area contributed by atoms with Crippen LogP contribution in [0.5, 0.6) is 11.5 Å². The van der Waals surface area contributed by atoms with Crippen LogP contribution in [-0.2, 0) is 6.54 Å². The first-order valence-electron chi connectivity index (χ1n) is 11.9. The molecule has 1 heterocycles. The Bertz CT molecular complexity index is 1290. The Morgan fingerprint density at radius 3 is 2.26 bits per heavy atom. The minimum atomic E-state index is 0.00886. The number of para-hydroxylation sites is 1. The summed E-state index contributed by atoms with van der Waals surface area (Å²) in [6.07, 6.45) is 3.98. The van der Waals surface area contributed by atoms with Gasteiger partial charge in [0.2, 0.25) is 0 Å². The Kier molecular flexibility index (Phi) is 7.63. The summed E-state index contributed by atoms with van der Waals surface area (Å²) < 4.78 is 13.0. The van der Waals surface area contributed by atoms with Crippen LogP contribution in [0.3, 0.4) is 0 Å². The van der Waals surface area contributed by atoms with Gasteiger partial charge in [0, 0.05) is 12.1 Å². The summed E-state index contributed by atoms with van der Waals surface area (Å²) in [6, 6.07) is 21.6. The van der Waals surface area contributed by atoms with Gasteiger partial charge in [-0.05, 0) is 86.3 Å². The average Bonchev–Trinajstić information content (AvgIpc) is 2.84. The second kappa shape index (κ2) is 11.0. The number of rotatable bonds is 10. The highest BCUT2D eigenvalue weighted by molar-refractivity contribution is 5.79. The van der Waals surface area contributed by atoms with Crippen molar-refractivity contribution in [1.82, 2.24) is 9.55 Å². The number of hydrogen-bond donors (Lipinski definition) is 0. The molecule has 34 heavy (non-hydrogen) atoms. The largest absolute Gasteiger partial charge is 0.497 e. The topological polar surface area (TPSA) is 53.3 Å². The molecule has 0 aliphatic carbocycles. The number of unbranched alkanes of at least 4 members (excludes halogenated alkanes) is 3. The van der Waals surface area contributed by atoms with Crippen molar-refractivity contribution in [2.24, 2.45) is 0 Å². The maximum absolute atomic E-state index is 13.3. The Morgan fingerprint density at radius 1 is 0.824 bits per heavy atom. The number of hydrogen-bond acceptors (Lipinski definition) is 4. The highest BCUT2D eigenvalue weighted by atomic mass is 16.5. The fourth-order valence-corrected chi connectivity index (χ4v) is 4.27. The summed E-state index contributed by atoms with van der Waals surface area (Å²) in [5, 5.41) is 0.654. The van der Waals surface area contributed by atoms with E-state index in [0.29, 0.717) is 24.4 Å². The normalized spacial score (nSPS) is 11.0. The van der Waals surface area contributed by atoms with E-state index >= 15 is 0 Å². The van der Waals surface area contributed by atoms with E-state index in [1.807, 2.05) is 53.1 Å². The molecule has 0 spiro atoms. The molecule has 0 saturated carbocycles. The van der Waals surface area contributed by atoms with Crippen LogP contribution < -0.4 is 15.0 Å². The van der Waals surface area contributed by atoms with Gasteiger partial charge in [-0.15, -0.1) is 0 Å². The van der Waals surface area contributed by atoms with Gasteiger partial charge in [0.15, 0.2) is 0 Å². The molecule has 0 radical (unpaired) electrons. The molecular formula is C29H32N2O3. The van der Waals surface area contributed by atoms with Crippen LogP contribution >= 0.6 is 0 Å². The molecule has 0 aliphatic rings. The Balaban J connectivity index is 1.40. The molecule has 0 amide bonds. The number of aromatic nitrogens is 2. The summed E-state index contributed by atoms with van der Waals surface area (Å²) in [7, 11) is 1.65. The monoisotopic (exact) mass is 456 g/mol. The third-order valence-corrected chi connectivity index (χ3v) is 5.95. The molecule has 0 N–H and O–H groups in total. The van der Waals surface area contributed by atoms with Crippen LogP contribution in [0.1, 0.15) is 36.8 Å². The molecule has 4 rings (SSSR count). The molecule has 3 aromatic carbocycles.